The highest BCUT2D eigenvalue weighted by molar-refractivity contribution is 5.77. The van der Waals surface area contributed by atoms with E-state index in [0.29, 0.717) is 13.2 Å². The minimum atomic E-state index is -0.486. The van der Waals surface area contributed by atoms with E-state index in [2.05, 4.69) is 41.5 Å². The van der Waals surface area contributed by atoms with E-state index < -0.39 is 6.09 Å². The fourth-order valence-corrected chi connectivity index (χ4v) is 2.74. The largest absolute Gasteiger partial charge is 0.450 e. The average Bonchev–Trinajstić information content (AvgIpc) is 2.61. The molecule has 2 N–H and O–H groups in total. The number of benzene rings is 1. The Bertz CT molecular complexity index is 504. The number of likely N-dealkylation sites (N-methyl/N-ethyl adjacent to an activating group) is 1. The Morgan fingerprint density at radius 1 is 1.08 bits per heavy atom. The summed E-state index contributed by atoms with van der Waals surface area (Å²) in [5, 5.41) is 5.54. The molecular formula is C19H31N3O3. The highest BCUT2D eigenvalue weighted by Crippen LogP contribution is 2.08. The first-order valence-electron chi connectivity index (χ1n) is 9.05. The molecular weight excluding hydrogens is 318 g/mol. The lowest BCUT2D eigenvalue weighted by atomic mass is 10.0. The molecule has 2 amide bonds. The summed E-state index contributed by atoms with van der Waals surface area (Å²) in [6, 6.07) is 10.6. The van der Waals surface area contributed by atoms with Gasteiger partial charge >= 0.3 is 6.09 Å². The molecule has 1 unspecified atom stereocenters. The Hall–Kier alpha value is -2.08. The molecule has 0 saturated carbocycles. The van der Waals surface area contributed by atoms with Gasteiger partial charge in [-0.3, -0.25) is 9.69 Å². The summed E-state index contributed by atoms with van der Waals surface area (Å²) >= 11 is 0. The van der Waals surface area contributed by atoms with Crippen LogP contribution in [0.5, 0.6) is 0 Å². The van der Waals surface area contributed by atoms with Gasteiger partial charge in [-0.1, -0.05) is 44.2 Å². The third-order valence-corrected chi connectivity index (χ3v) is 4.07. The summed E-state index contributed by atoms with van der Waals surface area (Å²) in [5.74, 6) is -0.0676. The first kappa shape index (κ1) is 21.0. The van der Waals surface area contributed by atoms with Crippen LogP contribution in [-0.4, -0.2) is 55.7 Å². The molecule has 0 aliphatic rings. The van der Waals surface area contributed by atoms with E-state index in [1.807, 2.05) is 18.2 Å². The summed E-state index contributed by atoms with van der Waals surface area (Å²) in [7, 11) is 0. The highest BCUT2D eigenvalue weighted by atomic mass is 16.5. The summed E-state index contributed by atoms with van der Waals surface area (Å²) in [6.45, 7) is 9.07. The number of ether oxygens (including phenoxy) is 1. The van der Waals surface area contributed by atoms with Crippen LogP contribution in [0.15, 0.2) is 30.3 Å². The molecule has 0 fully saturated rings. The average molecular weight is 349 g/mol. The van der Waals surface area contributed by atoms with Gasteiger partial charge in [0.25, 0.3) is 0 Å². The van der Waals surface area contributed by atoms with Crippen LogP contribution < -0.4 is 10.6 Å². The van der Waals surface area contributed by atoms with Gasteiger partial charge in [-0.2, -0.15) is 0 Å². The topological polar surface area (TPSA) is 70.7 Å². The lowest BCUT2D eigenvalue weighted by Gasteiger charge is -2.30. The summed E-state index contributed by atoms with van der Waals surface area (Å²) in [5.41, 5.74) is 1.26. The zero-order valence-electron chi connectivity index (χ0n) is 15.6. The number of hydrogen-bond acceptors (Lipinski definition) is 4. The molecule has 1 rings (SSSR count). The third-order valence-electron chi connectivity index (χ3n) is 4.07. The number of amides is 2. The standard InChI is InChI=1S/C19H31N3O3/c1-4-22(5-2)17(14-16-10-8-7-9-11-16)15-21-18(23)12-13-20-19(24)25-6-3/h7-11,17H,4-6,12-15H2,1-3H3,(H,20,24)(H,21,23). The van der Waals surface area contributed by atoms with E-state index in [-0.39, 0.29) is 24.9 Å². The summed E-state index contributed by atoms with van der Waals surface area (Å²) < 4.78 is 4.76. The molecule has 1 atom stereocenters. The van der Waals surface area contributed by atoms with Crippen LogP contribution in [0.4, 0.5) is 4.79 Å². The second-order valence-corrected chi connectivity index (χ2v) is 5.77. The van der Waals surface area contributed by atoms with Crippen molar-refractivity contribution in [3.8, 4) is 0 Å². The Morgan fingerprint density at radius 3 is 2.36 bits per heavy atom. The van der Waals surface area contributed by atoms with Crippen LogP contribution in [0.25, 0.3) is 0 Å². The minimum absolute atomic E-state index is 0.0676. The first-order valence-corrected chi connectivity index (χ1v) is 9.05. The number of carbonyl (C=O) groups is 2. The smallest absolute Gasteiger partial charge is 0.407 e. The molecule has 0 heterocycles. The number of carbonyl (C=O) groups excluding carboxylic acids is 2. The van der Waals surface area contributed by atoms with Gasteiger partial charge in [-0.05, 0) is 32.0 Å². The fraction of sp³-hybridized carbons (Fsp3) is 0.579. The molecule has 0 bridgehead atoms. The van der Waals surface area contributed by atoms with Crippen molar-refractivity contribution in [1.29, 1.82) is 0 Å². The maximum atomic E-state index is 12.0. The lowest BCUT2D eigenvalue weighted by Crippen LogP contribution is -2.45. The van der Waals surface area contributed by atoms with Crippen molar-refractivity contribution in [2.75, 3.05) is 32.8 Å². The predicted octanol–water partition coefficient (Wildman–Crippen LogP) is 2.19. The molecule has 1 aromatic carbocycles. The van der Waals surface area contributed by atoms with Gasteiger partial charge in [-0.25, -0.2) is 4.79 Å². The van der Waals surface area contributed by atoms with Crippen LogP contribution in [0.2, 0.25) is 0 Å². The third kappa shape index (κ3) is 8.54. The summed E-state index contributed by atoms with van der Waals surface area (Å²) in [4.78, 5) is 25.6. The minimum Gasteiger partial charge on any atom is -0.450 e. The zero-order chi connectivity index (χ0) is 18.5. The normalized spacial score (nSPS) is 11.8. The number of alkyl carbamates (subject to hydrolysis) is 1. The second-order valence-electron chi connectivity index (χ2n) is 5.77. The van der Waals surface area contributed by atoms with Crippen molar-refractivity contribution < 1.29 is 14.3 Å². The number of nitrogens with zero attached hydrogens (tertiary/aromatic N) is 1. The Labute approximate surface area is 150 Å². The van der Waals surface area contributed by atoms with Gasteiger partial charge in [0.1, 0.15) is 0 Å². The highest BCUT2D eigenvalue weighted by Gasteiger charge is 2.17. The van der Waals surface area contributed by atoms with Gasteiger partial charge in [-0.15, -0.1) is 0 Å². The van der Waals surface area contributed by atoms with E-state index in [9.17, 15) is 9.59 Å². The van der Waals surface area contributed by atoms with Crippen molar-refractivity contribution in [3.63, 3.8) is 0 Å². The number of nitrogens with one attached hydrogen (secondary N) is 2. The van der Waals surface area contributed by atoms with E-state index in [0.717, 1.165) is 19.5 Å². The van der Waals surface area contributed by atoms with Gasteiger partial charge in [0.2, 0.25) is 5.91 Å². The van der Waals surface area contributed by atoms with Crippen molar-refractivity contribution in [2.45, 2.75) is 39.7 Å². The van der Waals surface area contributed by atoms with Crippen LogP contribution in [-0.2, 0) is 16.0 Å². The van der Waals surface area contributed by atoms with Gasteiger partial charge in [0, 0.05) is 25.6 Å². The molecule has 0 aromatic heterocycles. The Morgan fingerprint density at radius 2 is 1.76 bits per heavy atom. The van der Waals surface area contributed by atoms with E-state index in [4.69, 9.17) is 4.74 Å². The molecule has 0 spiro atoms. The van der Waals surface area contributed by atoms with Crippen molar-refractivity contribution in [3.05, 3.63) is 35.9 Å². The van der Waals surface area contributed by atoms with Crippen LogP contribution in [0, 0.1) is 0 Å². The van der Waals surface area contributed by atoms with Crippen molar-refractivity contribution >= 4 is 12.0 Å². The van der Waals surface area contributed by atoms with E-state index in [1.165, 1.54) is 5.56 Å². The van der Waals surface area contributed by atoms with Crippen LogP contribution in [0.1, 0.15) is 32.8 Å². The molecule has 1 aromatic rings. The number of hydrogen-bond donors (Lipinski definition) is 2. The quantitative estimate of drug-likeness (QED) is 0.642. The molecule has 25 heavy (non-hydrogen) atoms. The lowest BCUT2D eigenvalue weighted by molar-refractivity contribution is -0.121. The molecule has 0 aliphatic heterocycles. The molecule has 140 valence electrons. The fourth-order valence-electron chi connectivity index (χ4n) is 2.74. The molecule has 6 nitrogen and oxygen atoms in total. The first-order chi connectivity index (χ1) is 12.1. The SMILES string of the molecule is CCOC(=O)NCCC(=O)NCC(Cc1ccccc1)N(CC)CC. The zero-order valence-corrected chi connectivity index (χ0v) is 15.6. The predicted molar refractivity (Wildman–Crippen MR) is 99.5 cm³/mol. The number of rotatable bonds is 11. The van der Waals surface area contributed by atoms with E-state index in [1.54, 1.807) is 6.92 Å². The Balaban J connectivity index is 2.46. The molecule has 0 saturated heterocycles. The van der Waals surface area contributed by atoms with Crippen LogP contribution >= 0.6 is 0 Å². The van der Waals surface area contributed by atoms with Gasteiger partial charge in [0.05, 0.1) is 6.61 Å². The Kier molecular flexibility index (Phi) is 10.3. The van der Waals surface area contributed by atoms with Crippen molar-refractivity contribution in [1.82, 2.24) is 15.5 Å². The van der Waals surface area contributed by atoms with Crippen LogP contribution in [0.3, 0.4) is 0 Å². The molecule has 6 heteroatoms. The maximum Gasteiger partial charge on any atom is 0.407 e. The monoisotopic (exact) mass is 349 g/mol. The van der Waals surface area contributed by atoms with E-state index >= 15 is 0 Å². The van der Waals surface area contributed by atoms with Crippen molar-refractivity contribution in [2.24, 2.45) is 0 Å². The second kappa shape index (κ2) is 12.3. The maximum absolute atomic E-state index is 12.0. The van der Waals surface area contributed by atoms with Gasteiger partial charge < -0.3 is 15.4 Å². The van der Waals surface area contributed by atoms with Gasteiger partial charge in [0.15, 0.2) is 0 Å². The molecule has 0 radical (unpaired) electrons. The summed E-state index contributed by atoms with van der Waals surface area (Å²) in [6.07, 6.45) is 0.652. The molecule has 0 aliphatic carbocycles.